The van der Waals surface area contributed by atoms with Crippen LogP contribution in [0, 0.1) is 6.92 Å². The number of hydrogen-bond donors (Lipinski definition) is 1. The predicted octanol–water partition coefficient (Wildman–Crippen LogP) is 3.48. The number of aromatic nitrogens is 4. The fraction of sp³-hybridized carbons (Fsp3) is 0.0625. The van der Waals surface area contributed by atoms with Gasteiger partial charge in [-0.15, -0.1) is 0 Å². The SMILES string of the molecule is Cc1nc(-c2[nH+]ccs2)c2[nH]c(-c3ccccc3)cc2n1. The summed E-state index contributed by atoms with van der Waals surface area (Å²) in [5.74, 6) is 0.776. The van der Waals surface area contributed by atoms with Crippen LogP contribution in [0.3, 0.4) is 0 Å². The molecule has 0 aliphatic carbocycles. The average molecular weight is 293 g/mol. The molecule has 0 radical (unpaired) electrons. The van der Waals surface area contributed by atoms with Crippen molar-refractivity contribution in [3.63, 3.8) is 0 Å². The van der Waals surface area contributed by atoms with Gasteiger partial charge in [-0.3, -0.25) is 0 Å². The van der Waals surface area contributed by atoms with Gasteiger partial charge in [0.05, 0.1) is 16.4 Å². The summed E-state index contributed by atoms with van der Waals surface area (Å²) >= 11 is 1.64. The Balaban J connectivity index is 1.97. The largest absolute Gasteiger partial charge is 0.351 e. The number of rotatable bonds is 2. The number of nitrogens with one attached hydrogen (secondary N) is 2. The Kier molecular flexibility index (Phi) is 2.79. The van der Waals surface area contributed by atoms with Crippen LogP contribution >= 0.6 is 11.3 Å². The average Bonchev–Trinajstić information content (AvgIpc) is 3.16. The summed E-state index contributed by atoms with van der Waals surface area (Å²) in [4.78, 5) is 15.8. The first-order valence-corrected chi connectivity index (χ1v) is 7.57. The molecule has 21 heavy (non-hydrogen) atoms. The zero-order chi connectivity index (χ0) is 14.2. The second kappa shape index (κ2) is 4.79. The van der Waals surface area contributed by atoms with Gasteiger partial charge in [0, 0.05) is 5.69 Å². The molecule has 0 aliphatic rings. The topological polar surface area (TPSA) is 55.7 Å². The molecular weight excluding hydrogens is 280 g/mol. The quantitative estimate of drug-likeness (QED) is 0.615. The lowest BCUT2D eigenvalue weighted by Gasteiger charge is -1.97. The monoisotopic (exact) mass is 293 g/mol. The van der Waals surface area contributed by atoms with E-state index in [1.807, 2.05) is 36.7 Å². The summed E-state index contributed by atoms with van der Waals surface area (Å²) in [6, 6.07) is 12.3. The lowest BCUT2D eigenvalue weighted by molar-refractivity contribution is -0.358. The predicted molar refractivity (Wildman–Crippen MR) is 83.9 cm³/mol. The molecule has 0 bridgehead atoms. The number of thiazole rings is 1. The van der Waals surface area contributed by atoms with Crippen molar-refractivity contribution in [2.75, 3.05) is 0 Å². The number of benzene rings is 1. The third-order valence-corrected chi connectivity index (χ3v) is 4.18. The maximum atomic E-state index is 4.59. The highest BCUT2D eigenvalue weighted by atomic mass is 32.1. The molecule has 0 amide bonds. The minimum absolute atomic E-state index is 0.776. The summed E-state index contributed by atoms with van der Waals surface area (Å²) in [5, 5.41) is 3.05. The number of nitrogens with zero attached hydrogens (tertiary/aromatic N) is 2. The van der Waals surface area contributed by atoms with Gasteiger partial charge in [0.1, 0.15) is 5.82 Å². The van der Waals surface area contributed by atoms with E-state index < -0.39 is 0 Å². The van der Waals surface area contributed by atoms with Crippen LogP contribution in [0.5, 0.6) is 0 Å². The van der Waals surface area contributed by atoms with Crippen LogP contribution in [0.15, 0.2) is 48.0 Å². The van der Waals surface area contributed by atoms with Crippen molar-refractivity contribution in [3.8, 4) is 22.0 Å². The van der Waals surface area contributed by atoms with E-state index in [1.165, 1.54) is 0 Å². The van der Waals surface area contributed by atoms with Crippen LogP contribution in [0.4, 0.5) is 0 Å². The van der Waals surface area contributed by atoms with Crippen LogP contribution in [-0.4, -0.2) is 15.0 Å². The van der Waals surface area contributed by atoms with E-state index in [4.69, 9.17) is 0 Å². The number of H-pyrrole nitrogens is 2. The maximum absolute atomic E-state index is 4.59. The second-order valence-corrected chi connectivity index (χ2v) is 5.74. The number of fused-ring (bicyclic) bond motifs is 1. The molecule has 102 valence electrons. The lowest BCUT2D eigenvalue weighted by Crippen LogP contribution is -2.02. The van der Waals surface area contributed by atoms with Gasteiger partial charge in [-0.25, -0.2) is 9.97 Å². The van der Waals surface area contributed by atoms with Crippen molar-refractivity contribution < 1.29 is 4.98 Å². The number of aryl methyl sites for hydroxylation is 1. The van der Waals surface area contributed by atoms with Gasteiger partial charge >= 0.3 is 0 Å². The molecule has 0 saturated heterocycles. The van der Waals surface area contributed by atoms with Gasteiger partial charge in [-0.1, -0.05) is 41.7 Å². The second-order valence-electron chi connectivity index (χ2n) is 4.82. The Labute approximate surface area is 125 Å². The van der Waals surface area contributed by atoms with E-state index in [2.05, 4.69) is 38.1 Å². The first kappa shape index (κ1) is 12.2. The van der Waals surface area contributed by atoms with Crippen molar-refractivity contribution in [1.29, 1.82) is 0 Å². The molecule has 0 aliphatic heterocycles. The van der Waals surface area contributed by atoms with Crippen molar-refractivity contribution in [2.24, 2.45) is 0 Å². The van der Waals surface area contributed by atoms with Gasteiger partial charge < -0.3 is 4.98 Å². The van der Waals surface area contributed by atoms with Crippen LogP contribution in [-0.2, 0) is 0 Å². The molecule has 4 aromatic rings. The Hall–Kier alpha value is -2.53. The van der Waals surface area contributed by atoms with Crippen molar-refractivity contribution >= 4 is 22.4 Å². The van der Waals surface area contributed by atoms with Gasteiger partial charge in [-0.2, -0.15) is 4.98 Å². The molecule has 3 aromatic heterocycles. The Morgan fingerprint density at radius 1 is 1.14 bits per heavy atom. The normalized spacial score (nSPS) is 11.1. The van der Waals surface area contributed by atoms with Crippen LogP contribution in [0.2, 0.25) is 0 Å². The molecule has 0 fully saturated rings. The number of hydrogen-bond acceptors (Lipinski definition) is 3. The highest BCUT2D eigenvalue weighted by Gasteiger charge is 2.17. The van der Waals surface area contributed by atoms with E-state index in [0.29, 0.717) is 0 Å². The molecule has 1 aromatic carbocycles. The fourth-order valence-corrected chi connectivity index (χ4v) is 3.10. The first-order chi connectivity index (χ1) is 10.3. The summed E-state index contributed by atoms with van der Waals surface area (Å²) < 4.78 is 0. The Bertz CT molecular complexity index is 895. The fourth-order valence-electron chi connectivity index (χ4n) is 2.44. The summed E-state index contributed by atoms with van der Waals surface area (Å²) in [6.45, 7) is 1.92. The van der Waals surface area contributed by atoms with E-state index in [9.17, 15) is 0 Å². The molecule has 3 heterocycles. The summed E-state index contributed by atoms with van der Waals surface area (Å²) in [7, 11) is 0. The minimum Gasteiger partial charge on any atom is -0.351 e. The van der Waals surface area contributed by atoms with E-state index in [-0.39, 0.29) is 0 Å². The highest BCUT2D eigenvalue weighted by molar-refractivity contribution is 7.12. The van der Waals surface area contributed by atoms with Crippen molar-refractivity contribution in [3.05, 3.63) is 53.8 Å². The van der Waals surface area contributed by atoms with E-state index in [1.54, 1.807) is 11.3 Å². The maximum Gasteiger partial charge on any atom is 0.288 e. The standard InChI is InChI=1S/C16H12N4S/c1-10-18-13-9-12(11-5-3-2-4-6-11)20-14(13)15(19-10)16-17-7-8-21-16/h2-9,20H,1H3/p+1. The van der Waals surface area contributed by atoms with Crippen molar-refractivity contribution in [2.45, 2.75) is 6.92 Å². The third-order valence-electron chi connectivity index (χ3n) is 3.36. The van der Waals surface area contributed by atoms with Crippen molar-refractivity contribution in [1.82, 2.24) is 15.0 Å². The van der Waals surface area contributed by atoms with Gasteiger partial charge in [0.15, 0.2) is 11.9 Å². The molecule has 5 heteroatoms. The zero-order valence-electron chi connectivity index (χ0n) is 11.4. The molecule has 4 nitrogen and oxygen atoms in total. The molecule has 0 atom stereocenters. The summed E-state index contributed by atoms with van der Waals surface area (Å²) in [6.07, 6.45) is 1.92. The molecule has 0 saturated carbocycles. The van der Waals surface area contributed by atoms with Crippen LogP contribution < -0.4 is 4.98 Å². The Morgan fingerprint density at radius 2 is 2.00 bits per heavy atom. The molecule has 2 N–H and O–H groups in total. The van der Waals surface area contributed by atoms with Gasteiger partial charge in [0.25, 0.3) is 5.01 Å². The molecule has 4 rings (SSSR count). The summed E-state index contributed by atoms with van der Waals surface area (Å²) in [5.41, 5.74) is 5.04. The van der Waals surface area contributed by atoms with Gasteiger partial charge in [-0.05, 0) is 18.6 Å². The van der Waals surface area contributed by atoms with Crippen LogP contribution in [0.1, 0.15) is 5.82 Å². The van der Waals surface area contributed by atoms with Gasteiger partial charge in [0.2, 0.25) is 0 Å². The lowest BCUT2D eigenvalue weighted by atomic mass is 10.2. The molecule has 0 spiro atoms. The number of aromatic amines is 2. The highest BCUT2D eigenvalue weighted by Crippen LogP contribution is 2.29. The van der Waals surface area contributed by atoms with E-state index in [0.717, 1.165) is 38.8 Å². The zero-order valence-corrected chi connectivity index (χ0v) is 12.2. The smallest absolute Gasteiger partial charge is 0.288 e. The third kappa shape index (κ3) is 2.11. The Morgan fingerprint density at radius 3 is 2.76 bits per heavy atom. The van der Waals surface area contributed by atoms with E-state index >= 15 is 0 Å². The van der Waals surface area contributed by atoms with Crippen LogP contribution in [0.25, 0.3) is 33.0 Å². The molecular formula is C16H13N4S+. The first-order valence-electron chi connectivity index (χ1n) is 6.69. The molecule has 0 unspecified atom stereocenters. The minimum atomic E-state index is 0.776.